The molecule has 0 saturated heterocycles. The molecule has 0 saturated carbocycles. The monoisotopic (exact) mass is 249 g/mol. The highest BCUT2D eigenvalue weighted by atomic mass is 16.2. The van der Waals surface area contributed by atoms with E-state index in [2.05, 4.69) is 25.7 Å². The van der Waals surface area contributed by atoms with Gasteiger partial charge in [-0.1, -0.05) is 0 Å². The number of aromatic nitrogens is 5. The maximum Gasteiger partial charge on any atom is 0.274 e. The van der Waals surface area contributed by atoms with Gasteiger partial charge in [0.15, 0.2) is 11.5 Å². The lowest BCUT2D eigenvalue weighted by Crippen LogP contribution is -2.29. The summed E-state index contributed by atoms with van der Waals surface area (Å²) in [7, 11) is 1.81. The van der Waals surface area contributed by atoms with E-state index in [0.29, 0.717) is 17.2 Å². The van der Waals surface area contributed by atoms with E-state index < -0.39 is 0 Å². The minimum Gasteiger partial charge on any atom is -0.395 e. The first-order valence-corrected chi connectivity index (χ1v) is 5.46. The highest BCUT2D eigenvalue weighted by Gasteiger charge is 2.19. The Morgan fingerprint density at radius 2 is 2.33 bits per heavy atom. The smallest absolute Gasteiger partial charge is 0.274 e. The molecule has 2 heterocycles. The summed E-state index contributed by atoms with van der Waals surface area (Å²) < 4.78 is 1.74. The van der Waals surface area contributed by atoms with Crippen LogP contribution in [-0.4, -0.2) is 30.9 Å². The van der Waals surface area contributed by atoms with Crippen molar-refractivity contribution < 1.29 is 4.79 Å². The van der Waals surface area contributed by atoms with Crippen molar-refractivity contribution in [3.05, 3.63) is 23.5 Å². The number of hydrogen-bond acceptors (Lipinski definition) is 5. The van der Waals surface area contributed by atoms with Crippen molar-refractivity contribution >= 4 is 11.6 Å². The molecular formula is C10H15N7O. The van der Waals surface area contributed by atoms with Crippen LogP contribution < -0.4 is 11.1 Å². The lowest BCUT2D eigenvalue weighted by Gasteiger charge is -2.12. The molecule has 18 heavy (non-hydrogen) atoms. The molecule has 1 unspecified atom stereocenters. The first-order valence-electron chi connectivity index (χ1n) is 5.46. The van der Waals surface area contributed by atoms with Gasteiger partial charge < -0.3 is 15.6 Å². The summed E-state index contributed by atoms with van der Waals surface area (Å²) in [5.41, 5.74) is 6.97. The van der Waals surface area contributed by atoms with Crippen LogP contribution in [0.1, 0.15) is 35.0 Å². The number of nitrogens with zero attached hydrogens (tertiary/aromatic N) is 4. The predicted molar refractivity (Wildman–Crippen MR) is 64.6 cm³/mol. The average Bonchev–Trinajstić information content (AvgIpc) is 2.87. The Morgan fingerprint density at radius 1 is 1.61 bits per heavy atom. The molecule has 0 aliphatic carbocycles. The van der Waals surface area contributed by atoms with E-state index in [4.69, 9.17) is 5.73 Å². The Bertz CT molecular complexity index is 571. The third kappa shape index (κ3) is 2.04. The maximum atomic E-state index is 12.0. The van der Waals surface area contributed by atoms with Gasteiger partial charge in [0.2, 0.25) is 0 Å². The van der Waals surface area contributed by atoms with Gasteiger partial charge in [0.05, 0.1) is 17.4 Å². The lowest BCUT2D eigenvalue weighted by molar-refractivity contribution is 0.0933. The number of amides is 1. The van der Waals surface area contributed by atoms with Crippen LogP contribution in [0.25, 0.3) is 0 Å². The number of carbonyl (C=O) groups is 1. The summed E-state index contributed by atoms with van der Waals surface area (Å²) >= 11 is 0. The first-order chi connectivity index (χ1) is 8.50. The van der Waals surface area contributed by atoms with Crippen molar-refractivity contribution in [2.75, 3.05) is 5.73 Å². The Kier molecular flexibility index (Phi) is 3.00. The Labute approximate surface area is 104 Å². The highest BCUT2D eigenvalue weighted by molar-refractivity contribution is 5.97. The second kappa shape index (κ2) is 4.47. The fourth-order valence-electron chi connectivity index (χ4n) is 1.62. The summed E-state index contributed by atoms with van der Waals surface area (Å²) in [5, 5.41) is 17.0. The number of nitrogens with two attached hydrogens (primary N) is 1. The van der Waals surface area contributed by atoms with Crippen LogP contribution in [0.4, 0.5) is 5.69 Å². The number of carbonyl (C=O) groups excluding carboxylic acids is 1. The predicted octanol–water partition coefficient (Wildman–Crippen LogP) is -0.0802. The second-order valence-electron chi connectivity index (χ2n) is 4.11. The Hall–Kier alpha value is -2.38. The van der Waals surface area contributed by atoms with E-state index in [9.17, 15) is 4.79 Å². The molecule has 0 aliphatic heterocycles. The normalized spacial score (nSPS) is 12.4. The molecule has 1 atom stereocenters. The van der Waals surface area contributed by atoms with Gasteiger partial charge >= 0.3 is 0 Å². The molecule has 0 fully saturated rings. The number of aromatic amines is 1. The largest absolute Gasteiger partial charge is 0.395 e. The van der Waals surface area contributed by atoms with E-state index in [1.165, 1.54) is 0 Å². The van der Waals surface area contributed by atoms with Crippen LogP contribution in [0.15, 0.2) is 6.33 Å². The zero-order valence-corrected chi connectivity index (χ0v) is 10.4. The number of nitrogen functional groups attached to an aromatic ring is 1. The summed E-state index contributed by atoms with van der Waals surface area (Å²) in [6, 6.07) is -0.276. The van der Waals surface area contributed by atoms with Crippen molar-refractivity contribution in [1.82, 2.24) is 30.3 Å². The number of hydrogen-bond donors (Lipinski definition) is 3. The van der Waals surface area contributed by atoms with Crippen LogP contribution in [0.2, 0.25) is 0 Å². The second-order valence-corrected chi connectivity index (χ2v) is 4.11. The third-order valence-corrected chi connectivity index (χ3v) is 2.69. The molecular weight excluding hydrogens is 234 g/mol. The van der Waals surface area contributed by atoms with Gasteiger partial charge in [-0.3, -0.25) is 9.89 Å². The standard InChI is InChI=1S/C10H15N7O/c1-5-7(11)8(15-14-5)10(18)13-6(2)9-16-12-4-17(9)3/h4,6H,11H2,1-3H3,(H,13,18)(H,14,15). The van der Waals surface area contributed by atoms with Crippen LogP contribution in [0.5, 0.6) is 0 Å². The van der Waals surface area contributed by atoms with Gasteiger partial charge in [-0.2, -0.15) is 5.10 Å². The van der Waals surface area contributed by atoms with Gasteiger partial charge in [0.25, 0.3) is 5.91 Å². The van der Waals surface area contributed by atoms with Crippen molar-refractivity contribution in [2.45, 2.75) is 19.9 Å². The SMILES string of the molecule is Cc1[nH]nc(C(=O)NC(C)c2nncn2C)c1N. The van der Waals surface area contributed by atoms with E-state index in [0.717, 1.165) is 0 Å². The van der Waals surface area contributed by atoms with Crippen LogP contribution in [0.3, 0.4) is 0 Å². The number of rotatable bonds is 3. The number of H-pyrrole nitrogens is 1. The topological polar surface area (TPSA) is 115 Å². The molecule has 4 N–H and O–H groups in total. The Morgan fingerprint density at radius 3 is 2.83 bits per heavy atom. The molecule has 8 heteroatoms. The molecule has 1 amide bonds. The van der Waals surface area contributed by atoms with Gasteiger partial charge in [-0.05, 0) is 13.8 Å². The molecule has 0 radical (unpaired) electrons. The minimum atomic E-state index is -0.340. The zero-order chi connectivity index (χ0) is 13.3. The van der Waals surface area contributed by atoms with Crippen molar-refractivity contribution in [1.29, 1.82) is 0 Å². The maximum absolute atomic E-state index is 12.0. The highest BCUT2D eigenvalue weighted by Crippen LogP contribution is 2.14. The molecule has 0 aliphatic rings. The van der Waals surface area contributed by atoms with Crippen LogP contribution >= 0.6 is 0 Å². The van der Waals surface area contributed by atoms with E-state index >= 15 is 0 Å². The third-order valence-electron chi connectivity index (χ3n) is 2.69. The van der Waals surface area contributed by atoms with Crippen molar-refractivity contribution in [2.24, 2.45) is 7.05 Å². The first kappa shape index (κ1) is 12.1. The zero-order valence-electron chi connectivity index (χ0n) is 10.4. The van der Waals surface area contributed by atoms with Gasteiger partial charge in [0.1, 0.15) is 6.33 Å². The summed E-state index contributed by atoms with van der Waals surface area (Å²) in [6.45, 7) is 3.57. The average molecular weight is 249 g/mol. The van der Waals surface area contributed by atoms with Gasteiger partial charge in [0, 0.05) is 7.05 Å². The number of anilines is 1. The summed E-state index contributed by atoms with van der Waals surface area (Å²) in [6.07, 6.45) is 1.57. The Balaban J connectivity index is 2.13. The van der Waals surface area contributed by atoms with Crippen molar-refractivity contribution in [3.8, 4) is 0 Å². The van der Waals surface area contributed by atoms with E-state index in [-0.39, 0.29) is 17.6 Å². The van der Waals surface area contributed by atoms with Crippen molar-refractivity contribution in [3.63, 3.8) is 0 Å². The molecule has 0 aromatic carbocycles. The fraction of sp³-hybridized carbons (Fsp3) is 0.400. The molecule has 2 aromatic heterocycles. The molecule has 2 rings (SSSR count). The minimum absolute atomic E-state index is 0.196. The fourth-order valence-corrected chi connectivity index (χ4v) is 1.62. The summed E-state index contributed by atoms with van der Waals surface area (Å²) in [4.78, 5) is 12.0. The van der Waals surface area contributed by atoms with Gasteiger partial charge in [-0.25, -0.2) is 0 Å². The summed E-state index contributed by atoms with van der Waals surface area (Å²) in [5.74, 6) is 0.321. The lowest BCUT2D eigenvalue weighted by atomic mass is 10.2. The molecule has 8 nitrogen and oxygen atoms in total. The molecule has 96 valence electrons. The van der Waals surface area contributed by atoms with E-state index in [1.54, 1.807) is 17.8 Å². The van der Waals surface area contributed by atoms with Gasteiger partial charge in [-0.15, -0.1) is 10.2 Å². The molecule has 0 bridgehead atoms. The quantitative estimate of drug-likeness (QED) is 0.703. The van der Waals surface area contributed by atoms with E-state index in [1.807, 2.05) is 14.0 Å². The van der Waals surface area contributed by atoms with Crippen LogP contribution in [0, 0.1) is 6.92 Å². The molecule has 2 aromatic rings. The number of nitrogens with one attached hydrogen (secondary N) is 2. The number of aryl methyl sites for hydroxylation is 2. The molecule has 0 spiro atoms. The van der Waals surface area contributed by atoms with Crippen LogP contribution in [-0.2, 0) is 7.05 Å².